The normalized spacial score (nSPS) is 13.4. The van der Waals surface area contributed by atoms with Gasteiger partial charge in [0.05, 0.1) is 0 Å². The van der Waals surface area contributed by atoms with Crippen LogP contribution in [0, 0.1) is 0 Å². The zero-order valence-electron chi connectivity index (χ0n) is 14.5. The fraction of sp³-hybridized carbons (Fsp3) is 0.190. The highest BCUT2D eigenvalue weighted by atomic mass is 16.2. The van der Waals surface area contributed by atoms with Crippen LogP contribution in [0.1, 0.15) is 46.0 Å². The quantitative estimate of drug-likeness (QED) is 0.620. The molecule has 1 aliphatic carbocycles. The van der Waals surface area contributed by atoms with E-state index in [-0.39, 0.29) is 17.6 Å². The van der Waals surface area contributed by atoms with Crippen LogP contribution in [0.2, 0.25) is 0 Å². The summed E-state index contributed by atoms with van der Waals surface area (Å²) < 4.78 is 0. The summed E-state index contributed by atoms with van der Waals surface area (Å²) in [5.41, 5.74) is 2.55. The van der Waals surface area contributed by atoms with Gasteiger partial charge in [-0.05, 0) is 55.7 Å². The van der Waals surface area contributed by atoms with Crippen LogP contribution in [0.5, 0.6) is 0 Å². The number of carbonyl (C=O) groups excluding carboxylic acids is 3. The van der Waals surface area contributed by atoms with Gasteiger partial charge in [0.15, 0.2) is 5.78 Å². The monoisotopic (exact) mass is 348 g/mol. The van der Waals surface area contributed by atoms with Gasteiger partial charge in [-0.3, -0.25) is 14.4 Å². The topological polar surface area (TPSA) is 75.3 Å². The number of benzene rings is 2. The van der Waals surface area contributed by atoms with E-state index >= 15 is 0 Å². The van der Waals surface area contributed by atoms with E-state index in [0.29, 0.717) is 22.9 Å². The lowest BCUT2D eigenvalue weighted by atomic mass is 10.1. The molecule has 132 valence electrons. The zero-order chi connectivity index (χ0) is 18.5. The molecule has 2 amide bonds. The number of hydrogen-bond acceptors (Lipinski definition) is 3. The maximum absolute atomic E-state index is 12.0. The van der Waals surface area contributed by atoms with Gasteiger partial charge in [0, 0.05) is 28.9 Å². The molecule has 0 aromatic heterocycles. The highest BCUT2D eigenvalue weighted by molar-refractivity contribution is 6.03. The molecular formula is C21H20N2O3. The average molecular weight is 348 g/mol. The molecule has 26 heavy (non-hydrogen) atoms. The van der Waals surface area contributed by atoms with E-state index < -0.39 is 0 Å². The standard InChI is InChI=1S/C21H20N2O3/c1-14(24)17-3-2-4-19(13-17)22-20(25)12-7-15-5-8-16(9-6-15)21(26)23-18-10-11-18/h2-9,12-13,18H,10-11H2,1H3,(H,22,25)(H,23,26)/b12-7+. The predicted molar refractivity (Wildman–Crippen MR) is 101 cm³/mol. The molecule has 0 bridgehead atoms. The molecule has 1 fully saturated rings. The van der Waals surface area contributed by atoms with Crippen molar-refractivity contribution in [2.75, 3.05) is 5.32 Å². The Bertz CT molecular complexity index is 865. The molecule has 1 saturated carbocycles. The summed E-state index contributed by atoms with van der Waals surface area (Å²) in [6, 6.07) is 14.2. The first-order valence-corrected chi connectivity index (χ1v) is 8.52. The van der Waals surface area contributed by atoms with Crippen molar-refractivity contribution in [1.29, 1.82) is 0 Å². The molecule has 0 spiro atoms. The molecule has 0 saturated heterocycles. The third kappa shape index (κ3) is 4.89. The van der Waals surface area contributed by atoms with Crippen molar-refractivity contribution in [3.63, 3.8) is 0 Å². The Kier molecular flexibility index (Phi) is 5.27. The fourth-order valence-electron chi connectivity index (χ4n) is 2.41. The number of ketones is 1. The summed E-state index contributed by atoms with van der Waals surface area (Å²) >= 11 is 0. The van der Waals surface area contributed by atoms with E-state index in [1.54, 1.807) is 54.6 Å². The van der Waals surface area contributed by atoms with Crippen LogP contribution >= 0.6 is 0 Å². The third-order valence-electron chi connectivity index (χ3n) is 4.05. The van der Waals surface area contributed by atoms with Gasteiger partial charge in [0.1, 0.15) is 0 Å². The molecule has 1 aliphatic rings. The molecule has 0 atom stereocenters. The molecular weight excluding hydrogens is 328 g/mol. The van der Waals surface area contributed by atoms with Gasteiger partial charge < -0.3 is 10.6 Å². The maximum Gasteiger partial charge on any atom is 0.251 e. The summed E-state index contributed by atoms with van der Waals surface area (Å²) in [5, 5.41) is 5.66. The van der Waals surface area contributed by atoms with Crippen LogP contribution < -0.4 is 10.6 Å². The number of nitrogens with one attached hydrogen (secondary N) is 2. The molecule has 0 unspecified atom stereocenters. The SMILES string of the molecule is CC(=O)c1cccc(NC(=O)/C=C/c2ccc(C(=O)NC3CC3)cc2)c1. The second-order valence-electron chi connectivity index (χ2n) is 6.33. The number of rotatable bonds is 6. The summed E-state index contributed by atoms with van der Waals surface area (Å²) in [5.74, 6) is -0.408. The van der Waals surface area contributed by atoms with Crippen molar-refractivity contribution >= 4 is 29.4 Å². The molecule has 0 radical (unpaired) electrons. The molecule has 0 heterocycles. The van der Waals surface area contributed by atoms with E-state index in [1.807, 2.05) is 0 Å². The highest BCUT2D eigenvalue weighted by Gasteiger charge is 2.23. The summed E-state index contributed by atoms with van der Waals surface area (Å²) in [7, 11) is 0. The number of amides is 2. The molecule has 2 N–H and O–H groups in total. The Morgan fingerprint density at radius 2 is 1.73 bits per heavy atom. The van der Waals surface area contributed by atoms with Crippen molar-refractivity contribution in [2.45, 2.75) is 25.8 Å². The van der Waals surface area contributed by atoms with Gasteiger partial charge in [-0.2, -0.15) is 0 Å². The largest absolute Gasteiger partial charge is 0.349 e. The van der Waals surface area contributed by atoms with E-state index in [2.05, 4.69) is 10.6 Å². The molecule has 3 rings (SSSR count). The van der Waals surface area contributed by atoms with Gasteiger partial charge in [0.2, 0.25) is 5.91 Å². The van der Waals surface area contributed by atoms with Gasteiger partial charge in [-0.25, -0.2) is 0 Å². The van der Waals surface area contributed by atoms with Crippen LogP contribution in [0.15, 0.2) is 54.6 Å². The lowest BCUT2D eigenvalue weighted by Crippen LogP contribution is -2.25. The number of anilines is 1. The summed E-state index contributed by atoms with van der Waals surface area (Å²) in [6.07, 6.45) is 5.19. The summed E-state index contributed by atoms with van der Waals surface area (Å²) in [4.78, 5) is 35.3. The maximum atomic E-state index is 12.0. The van der Waals surface area contributed by atoms with E-state index in [4.69, 9.17) is 0 Å². The Labute approximate surface area is 152 Å². The molecule has 2 aromatic rings. The van der Waals surface area contributed by atoms with Crippen LogP contribution in [0.3, 0.4) is 0 Å². The second kappa shape index (κ2) is 7.78. The zero-order valence-corrected chi connectivity index (χ0v) is 14.5. The Morgan fingerprint density at radius 1 is 1.00 bits per heavy atom. The van der Waals surface area contributed by atoms with Crippen molar-refractivity contribution in [3.8, 4) is 0 Å². The fourth-order valence-corrected chi connectivity index (χ4v) is 2.41. The minimum Gasteiger partial charge on any atom is -0.349 e. The number of Topliss-reactive ketones (excluding diaryl/α,β-unsaturated/α-hetero) is 1. The lowest BCUT2D eigenvalue weighted by Gasteiger charge is -2.04. The Balaban J connectivity index is 1.58. The van der Waals surface area contributed by atoms with Crippen LogP contribution in [0.4, 0.5) is 5.69 Å². The lowest BCUT2D eigenvalue weighted by molar-refractivity contribution is -0.111. The third-order valence-corrected chi connectivity index (χ3v) is 4.05. The van der Waals surface area contributed by atoms with E-state index in [0.717, 1.165) is 18.4 Å². The minimum atomic E-state index is -0.291. The Morgan fingerprint density at radius 3 is 2.38 bits per heavy atom. The first-order chi connectivity index (χ1) is 12.5. The van der Waals surface area contributed by atoms with Crippen molar-refractivity contribution in [1.82, 2.24) is 5.32 Å². The second-order valence-corrected chi connectivity index (χ2v) is 6.33. The average Bonchev–Trinajstić information content (AvgIpc) is 3.44. The van der Waals surface area contributed by atoms with Crippen LogP contribution in [0.25, 0.3) is 6.08 Å². The molecule has 0 aliphatic heterocycles. The first-order valence-electron chi connectivity index (χ1n) is 8.52. The van der Waals surface area contributed by atoms with E-state index in [1.165, 1.54) is 13.0 Å². The van der Waals surface area contributed by atoms with Crippen molar-refractivity contribution < 1.29 is 14.4 Å². The molecule has 5 nitrogen and oxygen atoms in total. The number of carbonyl (C=O) groups is 3. The van der Waals surface area contributed by atoms with E-state index in [9.17, 15) is 14.4 Å². The number of hydrogen-bond donors (Lipinski definition) is 2. The smallest absolute Gasteiger partial charge is 0.251 e. The molecule has 5 heteroatoms. The molecule has 2 aromatic carbocycles. The highest BCUT2D eigenvalue weighted by Crippen LogP contribution is 2.19. The van der Waals surface area contributed by atoms with Crippen molar-refractivity contribution in [2.24, 2.45) is 0 Å². The summed E-state index contributed by atoms with van der Waals surface area (Å²) in [6.45, 7) is 1.48. The first kappa shape index (κ1) is 17.6. The van der Waals surface area contributed by atoms with Gasteiger partial charge in [-0.1, -0.05) is 24.3 Å². The van der Waals surface area contributed by atoms with Crippen LogP contribution in [-0.2, 0) is 4.79 Å². The van der Waals surface area contributed by atoms with Gasteiger partial charge in [-0.15, -0.1) is 0 Å². The predicted octanol–water partition coefficient (Wildman–Crippen LogP) is 3.43. The van der Waals surface area contributed by atoms with Crippen LogP contribution in [-0.4, -0.2) is 23.6 Å². The van der Waals surface area contributed by atoms with Gasteiger partial charge in [0.25, 0.3) is 5.91 Å². The Hall–Kier alpha value is -3.21. The minimum absolute atomic E-state index is 0.0533. The van der Waals surface area contributed by atoms with Crippen molar-refractivity contribution in [3.05, 3.63) is 71.3 Å². The van der Waals surface area contributed by atoms with Gasteiger partial charge >= 0.3 is 0 Å².